The third-order valence-corrected chi connectivity index (χ3v) is 4.40. The number of furan rings is 1. The Morgan fingerprint density at radius 1 is 1.25 bits per heavy atom. The van der Waals surface area contributed by atoms with E-state index >= 15 is 0 Å². The fourth-order valence-electron chi connectivity index (χ4n) is 2.05. The standard InChI is InChI=1S/C15H16BrNO3/c1-8-4-12(5-9(2)14(8)16)17-7-11-6-13(15(18)19)20-10(11)3/h4-6,17H,7H2,1-3H3,(H,18,19). The molecule has 106 valence electrons. The van der Waals surface area contributed by atoms with Gasteiger partial charge in [0.2, 0.25) is 5.76 Å². The van der Waals surface area contributed by atoms with Gasteiger partial charge < -0.3 is 14.8 Å². The van der Waals surface area contributed by atoms with Gasteiger partial charge in [0.1, 0.15) is 5.76 Å². The second-order valence-electron chi connectivity index (χ2n) is 4.77. The molecule has 20 heavy (non-hydrogen) atoms. The van der Waals surface area contributed by atoms with E-state index in [2.05, 4.69) is 21.2 Å². The summed E-state index contributed by atoms with van der Waals surface area (Å²) in [6.07, 6.45) is 0. The van der Waals surface area contributed by atoms with E-state index in [0.717, 1.165) is 26.9 Å². The van der Waals surface area contributed by atoms with Crippen LogP contribution in [0.2, 0.25) is 0 Å². The van der Waals surface area contributed by atoms with E-state index in [1.165, 1.54) is 0 Å². The lowest BCUT2D eigenvalue weighted by Crippen LogP contribution is -2.00. The lowest BCUT2D eigenvalue weighted by Gasteiger charge is -2.10. The predicted octanol–water partition coefficient (Wildman–Crippen LogP) is 4.28. The van der Waals surface area contributed by atoms with E-state index in [-0.39, 0.29) is 5.76 Å². The van der Waals surface area contributed by atoms with Crippen LogP contribution in [0.15, 0.2) is 27.1 Å². The summed E-state index contributed by atoms with van der Waals surface area (Å²) in [5, 5.41) is 12.2. The maximum absolute atomic E-state index is 10.8. The van der Waals surface area contributed by atoms with Gasteiger partial charge in [-0.05, 0) is 50.1 Å². The summed E-state index contributed by atoms with van der Waals surface area (Å²) >= 11 is 3.53. The van der Waals surface area contributed by atoms with Crippen LogP contribution in [0.1, 0.15) is 33.0 Å². The fraction of sp³-hybridized carbons (Fsp3) is 0.267. The summed E-state index contributed by atoms with van der Waals surface area (Å²) in [4.78, 5) is 10.8. The smallest absolute Gasteiger partial charge is 0.371 e. The molecule has 0 fully saturated rings. The van der Waals surface area contributed by atoms with Crippen molar-refractivity contribution in [1.29, 1.82) is 0 Å². The molecular formula is C15H16BrNO3. The van der Waals surface area contributed by atoms with Crippen molar-refractivity contribution < 1.29 is 14.3 Å². The minimum atomic E-state index is -1.05. The third kappa shape index (κ3) is 3.04. The Balaban J connectivity index is 2.15. The molecule has 1 aromatic heterocycles. The van der Waals surface area contributed by atoms with Gasteiger partial charge in [-0.2, -0.15) is 0 Å². The lowest BCUT2D eigenvalue weighted by molar-refractivity contribution is 0.0661. The van der Waals surface area contributed by atoms with Crippen molar-refractivity contribution in [3.8, 4) is 0 Å². The molecule has 1 aromatic carbocycles. The molecule has 0 amide bonds. The van der Waals surface area contributed by atoms with Gasteiger partial charge in [0.15, 0.2) is 0 Å². The summed E-state index contributed by atoms with van der Waals surface area (Å²) < 4.78 is 6.29. The third-order valence-electron chi connectivity index (χ3n) is 3.15. The van der Waals surface area contributed by atoms with Gasteiger partial charge in [-0.1, -0.05) is 15.9 Å². The van der Waals surface area contributed by atoms with Crippen molar-refractivity contribution in [3.63, 3.8) is 0 Å². The molecule has 0 unspecified atom stereocenters. The van der Waals surface area contributed by atoms with Gasteiger partial charge in [0.05, 0.1) is 0 Å². The van der Waals surface area contributed by atoms with E-state index in [9.17, 15) is 4.79 Å². The number of rotatable bonds is 4. The lowest BCUT2D eigenvalue weighted by atomic mass is 10.1. The number of benzene rings is 1. The summed E-state index contributed by atoms with van der Waals surface area (Å²) in [6, 6.07) is 5.65. The van der Waals surface area contributed by atoms with Crippen LogP contribution in [0.3, 0.4) is 0 Å². The number of hydrogen-bond donors (Lipinski definition) is 2. The fourth-order valence-corrected chi connectivity index (χ4v) is 2.27. The molecule has 2 aromatic rings. The predicted molar refractivity (Wildman–Crippen MR) is 81.3 cm³/mol. The van der Waals surface area contributed by atoms with E-state index in [0.29, 0.717) is 12.3 Å². The van der Waals surface area contributed by atoms with E-state index in [4.69, 9.17) is 9.52 Å². The van der Waals surface area contributed by atoms with Crippen LogP contribution >= 0.6 is 15.9 Å². The Morgan fingerprint density at radius 3 is 2.35 bits per heavy atom. The topological polar surface area (TPSA) is 62.5 Å². The number of halogens is 1. The maximum atomic E-state index is 10.8. The number of carbonyl (C=O) groups is 1. The van der Waals surface area contributed by atoms with Gasteiger partial charge >= 0.3 is 5.97 Å². The van der Waals surface area contributed by atoms with Crippen LogP contribution in [-0.4, -0.2) is 11.1 Å². The highest BCUT2D eigenvalue weighted by molar-refractivity contribution is 9.10. The first-order valence-corrected chi connectivity index (χ1v) is 7.01. The van der Waals surface area contributed by atoms with Crippen molar-refractivity contribution in [2.45, 2.75) is 27.3 Å². The molecule has 0 spiro atoms. The number of carboxylic acid groups (broad SMARTS) is 1. The van der Waals surface area contributed by atoms with Gasteiger partial charge in [-0.25, -0.2) is 4.79 Å². The van der Waals surface area contributed by atoms with Crippen molar-refractivity contribution in [1.82, 2.24) is 0 Å². The number of carboxylic acids is 1. The average Bonchev–Trinajstić information content (AvgIpc) is 2.75. The average molecular weight is 338 g/mol. The van der Waals surface area contributed by atoms with Crippen molar-refractivity contribution in [2.24, 2.45) is 0 Å². The first kappa shape index (κ1) is 14.7. The molecule has 0 atom stereocenters. The Labute approximate surface area is 125 Å². The zero-order valence-electron chi connectivity index (χ0n) is 11.6. The van der Waals surface area contributed by atoms with Crippen molar-refractivity contribution >= 4 is 27.6 Å². The largest absolute Gasteiger partial charge is 0.475 e. The molecule has 0 saturated heterocycles. The second-order valence-corrected chi connectivity index (χ2v) is 5.57. The Bertz CT molecular complexity index is 638. The second kappa shape index (κ2) is 5.71. The summed E-state index contributed by atoms with van der Waals surface area (Å²) in [7, 11) is 0. The van der Waals surface area contributed by atoms with Crippen LogP contribution < -0.4 is 5.32 Å². The first-order chi connectivity index (χ1) is 9.38. The SMILES string of the molecule is Cc1cc(NCc2cc(C(=O)O)oc2C)cc(C)c1Br. The van der Waals surface area contributed by atoms with Crippen LogP contribution in [0.5, 0.6) is 0 Å². The highest BCUT2D eigenvalue weighted by Gasteiger charge is 2.13. The molecule has 0 aliphatic carbocycles. The minimum Gasteiger partial charge on any atom is -0.475 e. The minimum absolute atomic E-state index is 0.0255. The Hall–Kier alpha value is -1.75. The molecule has 0 aliphatic heterocycles. The van der Waals surface area contributed by atoms with E-state index < -0.39 is 5.97 Å². The zero-order chi connectivity index (χ0) is 14.9. The van der Waals surface area contributed by atoms with Crippen LogP contribution in [0.25, 0.3) is 0 Å². The van der Waals surface area contributed by atoms with E-state index in [1.807, 2.05) is 26.0 Å². The molecular weight excluding hydrogens is 322 g/mol. The molecule has 5 heteroatoms. The van der Waals surface area contributed by atoms with Crippen molar-refractivity contribution in [2.75, 3.05) is 5.32 Å². The number of anilines is 1. The number of aromatic carboxylic acids is 1. The monoisotopic (exact) mass is 337 g/mol. The van der Waals surface area contributed by atoms with Gasteiger partial charge in [-0.3, -0.25) is 0 Å². The summed E-state index contributed by atoms with van der Waals surface area (Å²) in [5.41, 5.74) is 4.16. The highest BCUT2D eigenvalue weighted by atomic mass is 79.9. The van der Waals surface area contributed by atoms with E-state index in [1.54, 1.807) is 13.0 Å². The number of hydrogen-bond acceptors (Lipinski definition) is 3. The molecule has 0 radical (unpaired) electrons. The number of nitrogens with one attached hydrogen (secondary N) is 1. The quantitative estimate of drug-likeness (QED) is 0.874. The Morgan fingerprint density at radius 2 is 1.85 bits per heavy atom. The van der Waals surface area contributed by atoms with Gasteiger partial charge in [0.25, 0.3) is 0 Å². The van der Waals surface area contributed by atoms with Crippen molar-refractivity contribution in [3.05, 3.63) is 50.9 Å². The number of aryl methyl sites for hydroxylation is 3. The summed E-state index contributed by atoms with van der Waals surface area (Å²) in [6.45, 7) is 6.37. The Kier molecular flexibility index (Phi) is 4.18. The first-order valence-electron chi connectivity index (χ1n) is 6.21. The summed E-state index contributed by atoms with van der Waals surface area (Å²) in [5.74, 6) is -0.447. The van der Waals surface area contributed by atoms with Crippen LogP contribution in [0.4, 0.5) is 5.69 Å². The van der Waals surface area contributed by atoms with Gasteiger partial charge in [0, 0.05) is 22.3 Å². The molecule has 0 saturated carbocycles. The highest BCUT2D eigenvalue weighted by Crippen LogP contribution is 2.25. The molecule has 2 N–H and O–H groups in total. The zero-order valence-corrected chi connectivity index (χ0v) is 13.2. The van der Waals surface area contributed by atoms with Crippen LogP contribution in [0, 0.1) is 20.8 Å². The molecule has 0 aliphatic rings. The molecule has 0 bridgehead atoms. The normalized spacial score (nSPS) is 10.6. The van der Waals surface area contributed by atoms with Gasteiger partial charge in [-0.15, -0.1) is 0 Å². The molecule has 1 heterocycles. The van der Waals surface area contributed by atoms with Crippen LogP contribution in [-0.2, 0) is 6.54 Å². The maximum Gasteiger partial charge on any atom is 0.371 e. The molecule has 4 nitrogen and oxygen atoms in total. The molecule has 2 rings (SSSR count).